The number of hydrogen-bond donors (Lipinski definition) is 1. The van der Waals surface area contributed by atoms with Gasteiger partial charge in [-0.1, -0.05) is 0 Å². The molecule has 3 fully saturated rings. The van der Waals surface area contributed by atoms with Gasteiger partial charge in [0.25, 0.3) is 0 Å². The molecule has 16 heavy (non-hydrogen) atoms. The second-order valence-electron chi connectivity index (χ2n) is 5.83. The first-order chi connectivity index (χ1) is 7.83. The Morgan fingerprint density at radius 3 is 2.31 bits per heavy atom. The van der Waals surface area contributed by atoms with Gasteiger partial charge in [-0.3, -0.25) is 9.80 Å². The normalized spacial score (nSPS) is 30.6. The summed E-state index contributed by atoms with van der Waals surface area (Å²) in [5.41, 5.74) is 0. The number of hydrogen-bond acceptors (Lipinski definition) is 3. The van der Waals surface area contributed by atoms with Gasteiger partial charge in [0.2, 0.25) is 0 Å². The van der Waals surface area contributed by atoms with Gasteiger partial charge in [-0.05, 0) is 32.6 Å². The largest absolute Gasteiger partial charge is 0.312 e. The third-order valence-corrected chi connectivity index (χ3v) is 4.31. The van der Waals surface area contributed by atoms with Crippen molar-refractivity contribution in [2.45, 2.75) is 50.7 Å². The number of piperazine rings is 1. The molecule has 1 atom stereocenters. The fraction of sp³-hybridized carbons (Fsp3) is 1.00. The third-order valence-electron chi connectivity index (χ3n) is 4.31. The Kier molecular flexibility index (Phi) is 3.18. The Bertz CT molecular complexity index is 227. The molecule has 0 bridgehead atoms. The van der Waals surface area contributed by atoms with Crippen molar-refractivity contribution in [2.75, 3.05) is 32.7 Å². The maximum atomic E-state index is 3.64. The maximum Gasteiger partial charge on any atom is 0.0193 e. The molecule has 3 nitrogen and oxygen atoms in total. The fourth-order valence-corrected chi connectivity index (χ4v) is 2.74. The Hall–Kier alpha value is -0.120. The molecule has 2 aliphatic carbocycles. The van der Waals surface area contributed by atoms with Gasteiger partial charge in [-0.2, -0.15) is 0 Å². The first-order valence-electron chi connectivity index (χ1n) is 7.04. The van der Waals surface area contributed by atoms with Gasteiger partial charge in [0.15, 0.2) is 0 Å². The molecule has 3 rings (SSSR count). The van der Waals surface area contributed by atoms with Gasteiger partial charge in [0.1, 0.15) is 0 Å². The van der Waals surface area contributed by atoms with Crippen LogP contribution in [0.1, 0.15) is 32.6 Å². The highest BCUT2D eigenvalue weighted by atomic mass is 15.3. The molecule has 1 saturated heterocycles. The molecule has 3 heteroatoms. The van der Waals surface area contributed by atoms with E-state index in [0.29, 0.717) is 0 Å². The predicted molar refractivity (Wildman–Crippen MR) is 66.7 cm³/mol. The lowest BCUT2D eigenvalue weighted by molar-refractivity contribution is 0.0968. The molecule has 0 radical (unpaired) electrons. The van der Waals surface area contributed by atoms with E-state index < -0.39 is 0 Å². The van der Waals surface area contributed by atoms with Gasteiger partial charge in [-0.25, -0.2) is 0 Å². The molecule has 3 aliphatic rings. The Morgan fingerprint density at radius 2 is 1.75 bits per heavy atom. The second kappa shape index (κ2) is 4.63. The van der Waals surface area contributed by atoms with E-state index in [4.69, 9.17) is 0 Å². The zero-order valence-electron chi connectivity index (χ0n) is 10.5. The van der Waals surface area contributed by atoms with Gasteiger partial charge < -0.3 is 5.32 Å². The van der Waals surface area contributed by atoms with Crippen LogP contribution in [0.3, 0.4) is 0 Å². The summed E-state index contributed by atoms with van der Waals surface area (Å²) < 4.78 is 0. The number of nitrogens with zero attached hydrogens (tertiary/aromatic N) is 2. The number of rotatable bonds is 5. The molecule has 0 spiro atoms. The number of nitrogens with one attached hydrogen (secondary N) is 1. The lowest BCUT2D eigenvalue weighted by Gasteiger charge is -2.38. The monoisotopic (exact) mass is 223 g/mol. The molecular weight excluding hydrogens is 198 g/mol. The third kappa shape index (κ3) is 2.76. The van der Waals surface area contributed by atoms with Crippen LogP contribution in [-0.4, -0.2) is 60.6 Å². The van der Waals surface area contributed by atoms with Crippen LogP contribution in [0.5, 0.6) is 0 Å². The van der Waals surface area contributed by atoms with Crippen LogP contribution in [0.4, 0.5) is 0 Å². The molecular formula is C13H25N3. The van der Waals surface area contributed by atoms with Crippen LogP contribution in [-0.2, 0) is 0 Å². The highest BCUT2D eigenvalue weighted by Crippen LogP contribution is 2.27. The molecule has 1 N–H and O–H groups in total. The van der Waals surface area contributed by atoms with Crippen LogP contribution in [0.25, 0.3) is 0 Å². The minimum absolute atomic E-state index is 0.724. The van der Waals surface area contributed by atoms with Crippen LogP contribution < -0.4 is 5.32 Å². The van der Waals surface area contributed by atoms with Crippen molar-refractivity contribution in [3.8, 4) is 0 Å². The van der Waals surface area contributed by atoms with Crippen molar-refractivity contribution in [3.63, 3.8) is 0 Å². The van der Waals surface area contributed by atoms with E-state index in [-0.39, 0.29) is 0 Å². The van der Waals surface area contributed by atoms with Crippen LogP contribution >= 0.6 is 0 Å². The van der Waals surface area contributed by atoms with Crippen LogP contribution in [0.15, 0.2) is 0 Å². The van der Waals surface area contributed by atoms with Gasteiger partial charge in [0.05, 0.1) is 0 Å². The standard InChI is InChI=1S/C13H25N3/c1-11(10-14-12-2-3-12)15-6-8-16(9-7-15)13-4-5-13/h11-14H,2-10H2,1H3. The van der Waals surface area contributed by atoms with Crippen molar-refractivity contribution in [3.05, 3.63) is 0 Å². The van der Waals surface area contributed by atoms with Gasteiger partial charge in [-0.15, -0.1) is 0 Å². The van der Waals surface area contributed by atoms with Gasteiger partial charge >= 0.3 is 0 Å². The van der Waals surface area contributed by atoms with Crippen molar-refractivity contribution >= 4 is 0 Å². The van der Waals surface area contributed by atoms with Crippen molar-refractivity contribution < 1.29 is 0 Å². The summed E-state index contributed by atoms with van der Waals surface area (Å²) in [5, 5.41) is 3.64. The van der Waals surface area contributed by atoms with E-state index in [2.05, 4.69) is 22.0 Å². The summed E-state index contributed by atoms with van der Waals surface area (Å²) in [6.07, 6.45) is 5.72. The quantitative estimate of drug-likeness (QED) is 0.747. The average molecular weight is 223 g/mol. The molecule has 92 valence electrons. The summed E-state index contributed by atoms with van der Waals surface area (Å²) in [7, 11) is 0. The predicted octanol–water partition coefficient (Wildman–Crippen LogP) is 0.907. The first-order valence-corrected chi connectivity index (χ1v) is 7.04. The van der Waals surface area contributed by atoms with E-state index in [0.717, 1.165) is 18.1 Å². The van der Waals surface area contributed by atoms with E-state index >= 15 is 0 Å². The molecule has 0 aromatic rings. The first kappa shape index (κ1) is 11.0. The van der Waals surface area contributed by atoms with E-state index in [1.807, 2.05) is 0 Å². The minimum Gasteiger partial charge on any atom is -0.312 e. The average Bonchev–Trinajstić information content (AvgIpc) is 3.19. The Labute approximate surface area is 99.2 Å². The Morgan fingerprint density at radius 1 is 1.06 bits per heavy atom. The Balaban J connectivity index is 1.37. The maximum absolute atomic E-state index is 3.64. The van der Waals surface area contributed by atoms with Crippen molar-refractivity contribution in [1.29, 1.82) is 0 Å². The summed E-state index contributed by atoms with van der Waals surface area (Å²) in [6, 6.07) is 2.54. The topological polar surface area (TPSA) is 18.5 Å². The molecule has 2 saturated carbocycles. The SMILES string of the molecule is CC(CNC1CC1)N1CCN(C2CC2)CC1. The molecule has 0 amide bonds. The summed E-state index contributed by atoms with van der Waals surface area (Å²) in [6.45, 7) is 8.74. The zero-order valence-corrected chi connectivity index (χ0v) is 10.5. The van der Waals surface area contributed by atoms with Gasteiger partial charge in [0, 0.05) is 50.8 Å². The molecule has 1 unspecified atom stereocenters. The summed E-state index contributed by atoms with van der Waals surface area (Å²) >= 11 is 0. The highest BCUT2D eigenvalue weighted by Gasteiger charge is 2.32. The lowest BCUT2D eigenvalue weighted by atomic mass is 10.2. The highest BCUT2D eigenvalue weighted by molar-refractivity contribution is 4.89. The molecule has 0 aromatic heterocycles. The van der Waals surface area contributed by atoms with Crippen molar-refractivity contribution in [1.82, 2.24) is 15.1 Å². The summed E-state index contributed by atoms with van der Waals surface area (Å²) in [5.74, 6) is 0. The second-order valence-corrected chi connectivity index (χ2v) is 5.83. The molecule has 1 heterocycles. The lowest BCUT2D eigenvalue weighted by Crippen LogP contribution is -2.52. The zero-order chi connectivity index (χ0) is 11.0. The smallest absolute Gasteiger partial charge is 0.0193 e. The minimum atomic E-state index is 0.724. The van der Waals surface area contributed by atoms with Crippen LogP contribution in [0.2, 0.25) is 0 Å². The van der Waals surface area contributed by atoms with E-state index in [9.17, 15) is 0 Å². The van der Waals surface area contributed by atoms with Crippen LogP contribution in [0, 0.1) is 0 Å². The van der Waals surface area contributed by atoms with Crippen molar-refractivity contribution in [2.24, 2.45) is 0 Å². The van der Waals surface area contributed by atoms with E-state index in [1.165, 1.54) is 58.4 Å². The fourth-order valence-electron chi connectivity index (χ4n) is 2.74. The summed E-state index contributed by atoms with van der Waals surface area (Å²) in [4.78, 5) is 5.35. The molecule has 1 aliphatic heterocycles. The molecule has 0 aromatic carbocycles. The van der Waals surface area contributed by atoms with E-state index in [1.54, 1.807) is 0 Å².